The minimum Gasteiger partial charge on any atom is -0.508 e. The summed E-state index contributed by atoms with van der Waals surface area (Å²) < 4.78 is 0. The van der Waals surface area contributed by atoms with Crippen molar-refractivity contribution >= 4 is 29.2 Å². The lowest BCUT2D eigenvalue weighted by atomic mass is 10.0. The molecule has 0 heterocycles. The fourth-order valence-electron chi connectivity index (χ4n) is 4.11. The number of hydrogen-bond acceptors (Lipinski definition) is 3. The van der Waals surface area contributed by atoms with Crippen molar-refractivity contribution in [2.24, 2.45) is 0 Å². The van der Waals surface area contributed by atoms with Crippen LogP contribution in [0.3, 0.4) is 0 Å². The molecule has 3 heteroatoms. The fraction of sp³-hybridized carbons (Fsp3) is 0.0303. The normalized spacial score (nSPS) is 11.0. The van der Waals surface area contributed by atoms with Crippen molar-refractivity contribution < 1.29 is 10.2 Å². The number of nitrogens with zero attached hydrogens (tertiary/aromatic N) is 1. The van der Waals surface area contributed by atoms with E-state index in [2.05, 4.69) is 90.7 Å². The van der Waals surface area contributed by atoms with Crippen LogP contribution >= 0.6 is 0 Å². The number of phenols is 2. The summed E-state index contributed by atoms with van der Waals surface area (Å²) in [6.07, 6.45) is 4.08. The van der Waals surface area contributed by atoms with Gasteiger partial charge in [-0.1, -0.05) is 78.4 Å². The highest BCUT2D eigenvalue weighted by Gasteiger charge is 2.13. The molecule has 2 N–H and O–H groups in total. The number of aryl methyl sites for hydroxylation is 1. The summed E-state index contributed by atoms with van der Waals surface area (Å²) >= 11 is 0. The van der Waals surface area contributed by atoms with Gasteiger partial charge in [0, 0.05) is 17.1 Å². The summed E-state index contributed by atoms with van der Waals surface area (Å²) in [4.78, 5) is 2.17. The average molecular weight is 470 g/mol. The van der Waals surface area contributed by atoms with Gasteiger partial charge in [0.1, 0.15) is 11.5 Å². The van der Waals surface area contributed by atoms with Gasteiger partial charge in [-0.05, 0) is 89.8 Å². The molecule has 3 nitrogen and oxygen atoms in total. The zero-order valence-corrected chi connectivity index (χ0v) is 20.0. The molecule has 0 fully saturated rings. The molecule has 5 rings (SSSR count). The highest BCUT2D eigenvalue weighted by atomic mass is 16.3. The Labute approximate surface area is 211 Å². The molecule has 176 valence electrons. The first-order valence-electron chi connectivity index (χ1n) is 11.9. The highest BCUT2D eigenvalue weighted by Crippen LogP contribution is 2.36. The van der Waals surface area contributed by atoms with E-state index in [1.54, 1.807) is 24.3 Å². The van der Waals surface area contributed by atoms with Crippen LogP contribution in [0.15, 0.2) is 121 Å². The molecule has 5 aromatic rings. The summed E-state index contributed by atoms with van der Waals surface area (Å²) in [7, 11) is 0. The largest absolute Gasteiger partial charge is 0.508 e. The van der Waals surface area contributed by atoms with E-state index in [1.807, 2.05) is 30.3 Å². The number of rotatable bonds is 6. The van der Waals surface area contributed by atoms with Crippen molar-refractivity contribution in [2.75, 3.05) is 4.90 Å². The standard InChI is InChI=1S/C33H27NO2/c1-24-2-10-27(11-3-24)28-12-16-30(17-13-28)34(31-18-22-33(36)23-19-31)29-14-6-25(7-15-29)4-5-26-8-20-32(35)21-9-26/h2-23,35-36H,1H3. The van der Waals surface area contributed by atoms with Crippen LogP contribution in [0.5, 0.6) is 11.5 Å². The number of phenolic OH excluding ortho intramolecular Hbond substituents is 2. The Morgan fingerprint density at radius 2 is 0.778 bits per heavy atom. The van der Waals surface area contributed by atoms with Gasteiger partial charge in [-0.3, -0.25) is 0 Å². The van der Waals surface area contributed by atoms with E-state index in [-0.39, 0.29) is 11.5 Å². The molecule has 0 saturated carbocycles. The fourth-order valence-corrected chi connectivity index (χ4v) is 4.11. The number of aromatic hydroxyl groups is 2. The highest BCUT2D eigenvalue weighted by molar-refractivity contribution is 5.79. The zero-order valence-electron chi connectivity index (χ0n) is 20.0. The molecule has 36 heavy (non-hydrogen) atoms. The Bertz CT molecular complexity index is 1450. The third-order valence-electron chi connectivity index (χ3n) is 6.13. The minimum absolute atomic E-state index is 0.239. The quantitative estimate of drug-likeness (QED) is 0.244. The monoisotopic (exact) mass is 469 g/mol. The van der Waals surface area contributed by atoms with Crippen molar-refractivity contribution in [3.63, 3.8) is 0 Å². The lowest BCUT2D eigenvalue weighted by Crippen LogP contribution is -2.09. The topological polar surface area (TPSA) is 43.7 Å². The SMILES string of the molecule is Cc1ccc(-c2ccc(N(c3ccc(O)cc3)c3ccc(C=Cc4ccc(O)cc4)cc3)cc2)cc1. The van der Waals surface area contributed by atoms with Crippen LogP contribution in [-0.2, 0) is 0 Å². The second kappa shape index (κ2) is 10.2. The molecule has 0 spiro atoms. The van der Waals surface area contributed by atoms with E-state index < -0.39 is 0 Å². The van der Waals surface area contributed by atoms with Crippen LogP contribution in [0.25, 0.3) is 23.3 Å². The first-order chi connectivity index (χ1) is 17.5. The molecular formula is C33H27NO2. The predicted octanol–water partition coefficient (Wildman–Crippen LogP) is 8.71. The molecular weight excluding hydrogens is 442 g/mol. The molecule has 0 unspecified atom stereocenters. The van der Waals surface area contributed by atoms with Crippen LogP contribution in [0.4, 0.5) is 17.1 Å². The molecule has 0 amide bonds. The Morgan fingerprint density at radius 1 is 0.444 bits per heavy atom. The van der Waals surface area contributed by atoms with E-state index in [0.717, 1.165) is 28.2 Å². The number of anilines is 3. The molecule has 0 radical (unpaired) electrons. The van der Waals surface area contributed by atoms with Gasteiger partial charge in [0.25, 0.3) is 0 Å². The van der Waals surface area contributed by atoms with Gasteiger partial charge in [-0.25, -0.2) is 0 Å². The number of hydrogen-bond donors (Lipinski definition) is 2. The molecule has 0 aliphatic rings. The summed E-state index contributed by atoms with van der Waals surface area (Å²) in [5.41, 5.74) is 8.71. The van der Waals surface area contributed by atoms with Crippen molar-refractivity contribution in [2.45, 2.75) is 6.92 Å². The van der Waals surface area contributed by atoms with Gasteiger partial charge >= 0.3 is 0 Å². The molecule has 0 bridgehead atoms. The maximum Gasteiger partial charge on any atom is 0.115 e. The molecule has 0 atom stereocenters. The van der Waals surface area contributed by atoms with Crippen LogP contribution in [0.2, 0.25) is 0 Å². The summed E-state index contributed by atoms with van der Waals surface area (Å²) in [5, 5.41) is 19.3. The maximum atomic E-state index is 9.83. The van der Waals surface area contributed by atoms with Gasteiger partial charge in [-0.15, -0.1) is 0 Å². The molecule has 0 aliphatic carbocycles. The van der Waals surface area contributed by atoms with Gasteiger partial charge in [0.15, 0.2) is 0 Å². The van der Waals surface area contributed by atoms with E-state index in [9.17, 15) is 10.2 Å². The summed E-state index contributed by atoms with van der Waals surface area (Å²) in [6.45, 7) is 2.09. The van der Waals surface area contributed by atoms with Gasteiger partial charge in [0.05, 0.1) is 0 Å². The molecule has 0 aromatic heterocycles. The predicted molar refractivity (Wildman–Crippen MR) is 150 cm³/mol. The number of benzene rings is 5. The van der Waals surface area contributed by atoms with Crippen molar-refractivity contribution in [1.82, 2.24) is 0 Å². The zero-order chi connectivity index (χ0) is 24.9. The van der Waals surface area contributed by atoms with Crippen LogP contribution < -0.4 is 4.90 Å². The summed E-state index contributed by atoms with van der Waals surface area (Å²) in [5.74, 6) is 0.501. The van der Waals surface area contributed by atoms with Crippen LogP contribution in [0, 0.1) is 6.92 Å². The second-order valence-electron chi connectivity index (χ2n) is 8.78. The van der Waals surface area contributed by atoms with Crippen molar-refractivity contribution in [3.05, 3.63) is 138 Å². The van der Waals surface area contributed by atoms with Crippen LogP contribution in [-0.4, -0.2) is 10.2 Å². The first kappa shape index (κ1) is 23.0. The van der Waals surface area contributed by atoms with E-state index in [1.165, 1.54) is 16.7 Å². The summed E-state index contributed by atoms with van der Waals surface area (Å²) in [6, 6.07) is 39.8. The average Bonchev–Trinajstić information content (AvgIpc) is 2.91. The first-order valence-corrected chi connectivity index (χ1v) is 11.9. The van der Waals surface area contributed by atoms with Crippen LogP contribution in [0.1, 0.15) is 16.7 Å². The van der Waals surface area contributed by atoms with Gasteiger partial charge < -0.3 is 15.1 Å². The van der Waals surface area contributed by atoms with Gasteiger partial charge in [0.2, 0.25) is 0 Å². The molecule has 0 saturated heterocycles. The van der Waals surface area contributed by atoms with E-state index >= 15 is 0 Å². The third kappa shape index (κ3) is 5.31. The second-order valence-corrected chi connectivity index (χ2v) is 8.78. The van der Waals surface area contributed by atoms with Crippen molar-refractivity contribution in [1.29, 1.82) is 0 Å². The molecule has 0 aliphatic heterocycles. The minimum atomic E-state index is 0.239. The Kier molecular flexibility index (Phi) is 6.55. The van der Waals surface area contributed by atoms with Crippen molar-refractivity contribution in [3.8, 4) is 22.6 Å². The Morgan fingerprint density at radius 3 is 1.25 bits per heavy atom. The Balaban J connectivity index is 1.45. The van der Waals surface area contributed by atoms with Gasteiger partial charge in [-0.2, -0.15) is 0 Å². The third-order valence-corrected chi connectivity index (χ3v) is 6.13. The maximum absolute atomic E-state index is 9.83. The lowest BCUT2D eigenvalue weighted by molar-refractivity contribution is 0.475. The lowest BCUT2D eigenvalue weighted by Gasteiger charge is -2.26. The smallest absolute Gasteiger partial charge is 0.115 e. The van der Waals surface area contributed by atoms with E-state index in [4.69, 9.17) is 0 Å². The Hall–Kier alpha value is -4.76. The van der Waals surface area contributed by atoms with E-state index in [0.29, 0.717) is 0 Å². The molecule has 5 aromatic carbocycles.